The molecular formula is C25H25ClN2O4. The van der Waals surface area contributed by atoms with E-state index in [1.54, 1.807) is 36.1 Å². The Bertz CT molecular complexity index is 1230. The van der Waals surface area contributed by atoms with Gasteiger partial charge in [-0.15, -0.1) is 0 Å². The lowest BCUT2D eigenvalue weighted by Gasteiger charge is -2.31. The van der Waals surface area contributed by atoms with Crippen LogP contribution in [0.25, 0.3) is 22.1 Å². The molecule has 166 valence electrons. The van der Waals surface area contributed by atoms with E-state index in [4.69, 9.17) is 26.0 Å². The Hall–Kier alpha value is -3.30. The number of amides is 1. The van der Waals surface area contributed by atoms with Crippen molar-refractivity contribution in [2.24, 2.45) is 5.92 Å². The number of hydrogen-bond donors (Lipinski definition) is 0. The zero-order valence-corrected chi connectivity index (χ0v) is 17.8. The molecule has 0 saturated carbocycles. The molecule has 6 nitrogen and oxygen atoms in total. The lowest BCUT2D eigenvalue weighted by molar-refractivity contribution is -0.139. The van der Waals surface area contributed by atoms with E-state index in [0.717, 1.165) is 18.4 Å². The van der Waals surface area contributed by atoms with Gasteiger partial charge in [-0.3, -0.25) is 4.79 Å². The molecule has 7 heteroatoms. The van der Waals surface area contributed by atoms with Crippen LogP contribution in [0, 0.1) is 17.2 Å². The standard InChI is InChI=1S/C24H21ClN2O4.CH4/c1-15(24(29)27-10-4-5-16(13-26)14-27)30-17-8-9-19-20(12-23(28)31-22(19)11-17)18-6-2-3-7-21(18)25;/h2-3,6-9,11-12,15-16H,4-5,10,14H2,1H3;1H4/t15-,16-;/m1./s1. The van der Waals surface area contributed by atoms with E-state index in [0.29, 0.717) is 40.4 Å². The summed E-state index contributed by atoms with van der Waals surface area (Å²) >= 11 is 6.32. The van der Waals surface area contributed by atoms with Crippen molar-refractivity contribution >= 4 is 28.5 Å². The van der Waals surface area contributed by atoms with Crippen molar-refractivity contribution in [1.29, 1.82) is 5.26 Å². The molecule has 32 heavy (non-hydrogen) atoms. The van der Waals surface area contributed by atoms with E-state index in [-0.39, 0.29) is 19.3 Å². The van der Waals surface area contributed by atoms with Crippen molar-refractivity contribution in [2.75, 3.05) is 13.1 Å². The predicted molar refractivity (Wildman–Crippen MR) is 125 cm³/mol. The Morgan fingerprint density at radius 2 is 2.03 bits per heavy atom. The molecule has 1 aliphatic heterocycles. The molecule has 2 aromatic carbocycles. The Morgan fingerprint density at radius 1 is 1.25 bits per heavy atom. The first-order valence-electron chi connectivity index (χ1n) is 10.1. The minimum Gasteiger partial charge on any atom is -0.481 e. The lowest BCUT2D eigenvalue weighted by atomic mass is 9.99. The summed E-state index contributed by atoms with van der Waals surface area (Å²) in [7, 11) is 0. The zero-order valence-electron chi connectivity index (χ0n) is 17.0. The zero-order chi connectivity index (χ0) is 22.0. The highest BCUT2D eigenvalue weighted by Crippen LogP contribution is 2.34. The van der Waals surface area contributed by atoms with Gasteiger partial charge in [0, 0.05) is 46.8 Å². The average molecular weight is 453 g/mol. The number of halogens is 1. The van der Waals surface area contributed by atoms with Crippen LogP contribution in [0.15, 0.2) is 57.7 Å². The average Bonchev–Trinajstić information content (AvgIpc) is 2.78. The van der Waals surface area contributed by atoms with Gasteiger partial charge >= 0.3 is 5.63 Å². The summed E-state index contributed by atoms with van der Waals surface area (Å²) in [6, 6.07) is 16.1. The quantitative estimate of drug-likeness (QED) is 0.503. The van der Waals surface area contributed by atoms with Gasteiger partial charge in [0.05, 0.1) is 12.0 Å². The van der Waals surface area contributed by atoms with Crippen LogP contribution >= 0.6 is 11.6 Å². The molecule has 4 rings (SSSR count). The monoisotopic (exact) mass is 452 g/mol. The first-order chi connectivity index (χ1) is 15.0. The molecule has 3 aromatic rings. The van der Waals surface area contributed by atoms with Crippen LogP contribution in [0.4, 0.5) is 0 Å². The van der Waals surface area contributed by atoms with Gasteiger partial charge in [0.2, 0.25) is 0 Å². The van der Waals surface area contributed by atoms with Gasteiger partial charge in [0.15, 0.2) is 6.10 Å². The summed E-state index contributed by atoms with van der Waals surface area (Å²) in [5, 5.41) is 10.4. The molecule has 0 bridgehead atoms. The number of nitrogens with zero attached hydrogens (tertiary/aromatic N) is 2. The van der Waals surface area contributed by atoms with Crippen LogP contribution in [0.1, 0.15) is 27.2 Å². The number of hydrogen-bond acceptors (Lipinski definition) is 5. The van der Waals surface area contributed by atoms with E-state index in [2.05, 4.69) is 6.07 Å². The molecule has 1 saturated heterocycles. The molecule has 2 atom stereocenters. The number of fused-ring (bicyclic) bond motifs is 1. The van der Waals surface area contributed by atoms with Crippen LogP contribution in [0.2, 0.25) is 5.02 Å². The molecule has 1 amide bonds. The highest BCUT2D eigenvalue weighted by molar-refractivity contribution is 6.33. The summed E-state index contributed by atoms with van der Waals surface area (Å²) in [5.41, 5.74) is 1.25. The van der Waals surface area contributed by atoms with Crippen molar-refractivity contribution in [3.05, 3.63) is 64.0 Å². The van der Waals surface area contributed by atoms with Crippen molar-refractivity contribution in [3.8, 4) is 22.9 Å². The van der Waals surface area contributed by atoms with Crippen LogP contribution in [0.5, 0.6) is 5.75 Å². The van der Waals surface area contributed by atoms with Crippen molar-refractivity contribution in [1.82, 2.24) is 4.90 Å². The topological polar surface area (TPSA) is 83.5 Å². The number of carbonyl (C=O) groups is 1. The normalized spacial score (nSPS) is 16.7. The van der Waals surface area contributed by atoms with Gasteiger partial charge in [0.1, 0.15) is 11.3 Å². The fourth-order valence-electron chi connectivity index (χ4n) is 3.91. The van der Waals surface area contributed by atoms with Gasteiger partial charge in [-0.05, 0) is 38.0 Å². The van der Waals surface area contributed by atoms with Crippen LogP contribution < -0.4 is 10.4 Å². The number of piperidine rings is 1. The first-order valence-corrected chi connectivity index (χ1v) is 10.5. The molecule has 1 aliphatic rings. The van der Waals surface area contributed by atoms with Gasteiger partial charge in [-0.25, -0.2) is 4.79 Å². The molecule has 1 aromatic heterocycles. The number of nitriles is 1. The van der Waals surface area contributed by atoms with E-state index in [1.807, 2.05) is 18.2 Å². The van der Waals surface area contributed by atoms with Crippen molar-refractivity contribution in [2.45, 2.75) is 33.3 Å². The first kappa shape index (κ1) is 23.4. The van der Waals surface area contributed by atoms with Crippen LogP contribution in [-0.2, 0) is 4.79 Å². The number of carbonyl (C=O) groups excluding carboxylic acids is 1. The summed E-state index contributed by atoms with van der Waals surface area (Å²) in [5.74, 6) is 0.121. The summed E-state index contributed by atoms with van der Waals surface area (Å²) in [6.45, 7) is 2.73. The molecule has 2 heterocycles. The summed E-state index contributed by atoms with van der Waals surface area (Å²) in [6.07, 6.45) is 0.892. The van der Waals surface area contributed by atoms with Crippen LogP contribution in [-0.4, -0.2) is 30.0 Å². The van der Waals surface area contributed by atoms with E-state index in [9.17, 15) is 9.59 Å². The Kier molecular flexibility index (Phi) is 7.22. The second kappa shape index (κ2) is 9.88. The van der Waals surface area contributed by atoms with E-state index >= 15 is 0 Å². The van der Waals surface area contributed by atoms with Gasteiger partial charge < -0.3 is 14.1 Å². The maximum atomic E-state index is 12.8. The maximum absolute atomic E-state index is 12.8. The fourth-order valence-corrected chi connectivity index (χ4v) is 4.15. The van der Waals surface area contributed by atoms with Gasteiger partial charge in [-0.2, -0.15) is 5.26 Å². The number of benzene rings is 2. The summed E-state index contributed by atoms with van der Waals surface area (Å²) in [4.78, 5) is 26.6. The number of likely N-dealkylation sites (tertiary alicyclic amines) is 1. The smallest absolute Gasteiger partial charge is 0.336 e. The molecule has 0 radical (unpaired) electrons. The number of ether oxygens (including phenoxy) is 1. The van der Waals surface area contributed by atoms with Crippen molar-refractivity contribution in [3.63, 3.8) is 0 Å². The second-order valence-electron chi connectivity index (χ2n) is 7.63. The van der Waals surface area contributed by atoms with Crippen molar-refractivity contribution < 1.29 is 13.9 Å². The highest BCUT2D eigenvalue weighted by Gasteiger charge is 2.27. The maximum Gasteiger partial charge on any atom is 0.336 e. The number of rotatable bonds is 4. The SMILES string of the molecule is C.C[C@@H](Oc1ccc2c(-c3ccccc3Cl)cc(=O)oc2c1)C(=O)N1CCC[C@H](C#N)C1. The summed E-state index contributed by atoms with van der Waals surface area (Å²) < 4.78 is 11.2. The highest BCUT2D eigenvalue weighted by atomic mass is 35.5. The lowest BCUT2D eigenvalue weighted by Crippen LogP contribution is -2.45. The molecule has 0 N–H and O–H groups in total. The largest absolute Gasteiger partial charge is 0.481 e. The third kappa shape index (κ3) is 4.79. The Morgan fingerprint density at radius 3 is 2.78 bits per heavy atom. The fraction of sp³-hybridized carbons (Fsp3) is 0.320. The van der Waals surface area contributed by atoms with Gasteiger partial charge in [-0.1, -0.05) is 37.2 Å². The Balaban J connectivity index is 0.00000289. The third-order valence-corrected chi connectivity index (χ3v) is 5.79. The molecule has 0 spiro atoms. The second-order valence-corrected chi connectivity index (χ2v) is 8.04. The minimum absolute atomic E-state index is 0. The minimum atomic E-state index is -0.728. The molecule has 0 aliphatic carbocycles. The van der Waals surface area contributed by atoms with Gasteiger partial charge in [0.25, 0.3) is 5.91 Å². The molecular weight excluding hydrogens is 428 g/mol. The predicted octanol–water partition coefficient (Wildman–Crippen LogP) is 5.28. The molecule has 0 unspecified atom stereocenters. The van der Waals surface area contributed by atoms with E-state index < -0.39 is 11.7 Å². The van der Waals surface area contributed by atoms with Crippen LogP contribution in [0.3, 0.4) is 0 Å². The molecule has 1 fully saturated rings. The third-order valence-electron chi connectivity index (χ3n) is 5.46. The van der Waals surface area contributed by atoms with E-state index in [1.165, 1.54) is 6.07 Å². The Labute approximate surface area is 192 Å².